The predicted octanol–water partition coefficient (Wildman–Crippen LogP) is 4.87. The van der Waals surface area contributed by atoms with Gasteiger partial charge in [-0.2, -0.15) is 0 Å². The van der Waals surface area contributed by atoms with Crippen molar-refractivity contribution in [3.05, 3.63) is 70.2 Å². The van der Waals surface area contributed by atoms with Crippen LogP contribution in [0.5, 0.6) is 0 Å². The monoisotopic (exact) mass is 443 g/mol. The third-order valence-electron chi connectivity index (χ3n) is 3.77. The van der Waals surface area contributed by atoms with Gasteiger partial charge in [-0.1, -0.05) is 48.8 Å². The summed E-state index contributed by atoms with van der Waals surface area (Å²) in [5.41, 5.74) is 1.34. The lowest BCUT2D eigenvalue weighted by Gasteiger charge is -2.17. The fourth-order valence-corrected chi connectivity index (χ4v) is 2.33. The number of anilines is 1. The molecule has 0 atom stereocenters. The van der Waals surface area contributed by atoms with Crippen molar-refractivity contribution >= 4 is 45.4 Å². The van der Waals surface area contributed by atoms with E-state index in [1.807, 2.05) is 45.0 Å². The van der Waals surface area contributed by atoms with Crippen LogP contribution in [0.1, 0.15) is 36.7 Å². The zero-order valence-corrected chi connectivity index (χ0v) is 17.6. The number of benzene rings is 2. The van der Waals surface area contributed by atoms with E-state index in [4.69, 9.17) is 4.74 Å². The Kier molecular flexibility index (Phi) is 7.29. The summed E-state index contributed by atoms with van der Waals surface area (Å²) in [7, 11) is 0. The minimum atomic E-state index is -0.592. The largest absolute Gasteiger partial charge is 0.454 e. The summed E-state index contributed by atoms with van der Waals surface area (Å²) in [6.45, 7) is 5.11. The summed E-state index contributed by atoms with van der Waals surface area (Å²) in [4.78, 5) is 35.9. The Bertz CT molecular complexity index is 878. The quantitative estimate of drug-likeness (QED) is 0.392. The number of Topliss-reactive ketones (excluding diaryl/α,β-unsaturated/α-hetero) is 1. The van der Waals surface area contributed by atoms with Crippen LogP contribution in [0.3, 0.4) is 0 Å². The number of halogens is 1. The molecule has 146 valence electrons. The van der Waals surface area contributed by atoms with E-state index in [1.54, 1.807) is 30.3 Å². The SMILES string of the molecule is CC(C)(C)C(=O)Nc1ccc(C(=O)COC(=O)/C=C/c2ccc(Br)cc2)cc1. The molecule has 1 amide bonds. The highest BCUT2D eigenvalue weighted by Crippen LogP contribution is 2.18. The van der Waals surface area contributed by atoms with Crippen LogP contribution in [0, 0.1) is 5.41 Å². The molecule has 2 aromatic carbocycles. The number of ether oxygens (including phenoxy) is 1. The molecule has 0 aliphatic carbocycles. The van der Waals surface area contributed by atoms with Crippen molar-refractivity contribution < 1.29 is 19.1 Å². The number of carbonyl (C=O) groups is 3. The predicted molar refractivity (Wildman–Crippen MR) is 113 cm³/mol. The van der Waals surface area contributed by atoms with E-state index in [2.05, 4.69) is 21.2 Å². The van der Waals surface area contributed by atoms with Crippen molar-refractivity contribution in [3.63, 3.8) is 0 Å². The van der Waals surface area contributed by atoms with Gasteiger partial charge in [0.1, 0.15) is 0 Å². The van der Waals surface area contributed by atoms with Gasteiger partial charge in [-0.05, 0) is 48.0 Å². The molecule has 0 saturated heterocycles. The summed E-state index contributed by atoms with van der Waals surface area (Å²) in [5.74, 6) is -1.03. The van der Waals surface area contributed by atoms with Crippen LogP contribution < -0.4 is 5.32 Å². The van der Waals surface area contributed by atoms with E-state index in [1.165, 1.54) is 6.08 Å². The second-order valence-corrected chi connectivity index (χ2v) is 8.11. The Morgan fingerprint density at radius 2 is 1.61 bits per heavy atom. The van der Waals surface area contributed by atoms with Gasteiger partial charge in [0.05, 0.1) is 0 Å². The summed E-state index contributed by atoms with van der Waals surface area (Å²) >= 11 is 3.34. The minimum Gasteiger partial charge on any atom is -0.454 e. The Morgan fingerprint density at radius 1 is 1.00 bits per heavy atom. The number of hydrogen-bond donors (Lipinski definition) is 1. The fourth-order valence-electron chi connectivity index (χ4n) is 2.06. The highest BCUT2D eigenvalue weighted by Gasteiger charge is 2.21. The van der Waals surface area contributed by atoms with Crippen molar-refractivity contribution in [2.75, 3.05) is 11.9 Å². The third-order valence-corrected chi connectivity index (χ3v) is 4.30. The third kappa shape index (κ3) is 6.78. The maximum Gasteiger partial charge on any atom is 0.331 e. The Balaban J connectivity index is 1.86. The van der Waals surface area contributed by atoms with Crippen molar-refractivity contribution in [1.29, 1.82) is 0 Å². The maximum absolute atomic E-state index is 12.2. The van der Waals surface area contributed by atoms with Gasteiger partial charge in [0.2, 0.25) is 5.91 Å². The molecule has 2 rings (SSSR count). The molecule has 0 saturated carbocycles. The lowest BCUT2D eigenvalue weighted by atomic mass is 9.95. The molecule has 2 aromatic rings. The van der Waals surface area contributed by atoms with E-state index in [0.717, 1.165) is 10.0 Å². The average molecular weight is 444 g/mol. The number of esters is 1. The molecule has 0 aromatic heterocycles. The standard InChI is InChI=1S/C22H22BrNO4/c1-22(2,3)21(27)24-18-11-7-16(8-12-18)19(25)14-28-20(26)13-6-15-4-9-17(23)10-5-15/h4-13H,14H2,1-3H3,(H,24,27)/b13-6+. The molecule has 0 fully saturated rings. The number of nitrogens with one attached hydrogen (secondary N) is 1. The second-order valence-electron chi connectivity index (χ2n) is 7.20. The highest BCUT2D eigenvalue weighted by atomic mass is 79.9. The van der Waals surface area contributed by atoms with Crippen LogP contribution in [0.25, 0.3) is 6.08 Å². The number of ketones is 1. The van der Waals surface area contributed by atoms with Crippen molar-refractivity contribution in [2.24, 2.45) is 5.41 Å². The molecule has 1 N–H and O–H groups in total. The molecule has 0 spiro atoms. The first-order chi connectivity index (χ1) is 13.1. The van der Waals surface area contributed by atoms with Gasteiger partial charge in [-0.25, -0.2) is 4.79 Å². The van der Waals surface area contributed by atoms with E-state index in [-0.39, 0.29) is 18.3 Å². The first-order valence-electron chi connectivity index (χ1n) is 8.70. The van der Waals surface area contributed by atoms with Gasteiger partial charge in [0.25, 0.3) is 0 Å². The van der Waals surface area contributed by atoms with E-state index in [0.29, 0.717) is 11.3 Å². The first kappa shape index (κ1) is 21.6. The lowest BCUT2D eigenvalue weighted by Crippen LogP contribution is -2.27. The first-order valence-corrected chi connectivity index (χ1v) is 9.49. The Hall–Kier alpha value is -2.73. The van der Waals surface area contributed by atoms with Crippen molar-refractivity contribution in [1.82, 2.24) is 0 Å². The van der Waals surface area contributed by atoms with Crippen molar-refractivity contribution in [3.8, 4) is 0 Å². The molecule has 0 unspecified atom stereocenters. The number of amides is 1. The molecule has 5 nitrogen and oxygen atoms in total. The number of rotatable bonds is 6. The molecule has 6 heteroatoms. The summed E-state index contributed by atoms with van der Waals surface area (Å²) in [6.07, 6.45) is 2.90. The lowest BCUT2D eigenvalue weighted by molar-refractivity contribution is -0.136. The van der Waals surface area contributed by atoms with Gasteiger partial charge >= 0.3 is 5.97 Å². The zero-order chi connectivity index (χ0) is 20.7. The molecule has 0 bridgehead atoms. The smallest absolute Gasteiger partial charge is 0.331 e. The van der Waals surface area contributed by atoms with Crippen LogP contribution in [0.2, 0.25) is 0 Å². The minimum absolute atomic E-state index is 0.113. The summed E-state index contributed by atoms with van der Waals surface area (Å²) in [6, 6.07) is 13.9. The highest BCUT2D eigenvalue weighted by molar-refractivity contribution is 9.10. The number of hydrogen-bond acceptors (Lipinski definition) is 4. The molecule has 0 aliphatic rings. The molecule has 0 heterocycles. The van der Waals surface area contributed by atoms with Crippen LogP contribution in [0.4, 0.5) is 5.69 Å². The van der Waals surface area contributed by atoms with Crippen molar-refractivity contribution in [2.45, 2.75) is 20.8 Å². The van der Waals surface area contributed by atoms with E-state index in [9.17, 15) is 14.4 Å². The van der Waals surface area contributed by atoms with Crippen LogP contribution in [-0.2, 0) is 14.3 Å². The van der Waals surface area contributed by atoms with Gasteiger partial charge in [-0.15, -0.1) is 0 Å². The van der Waals surface area contributed by atoms with E-state index < -0.39 is 11.4 Å². The molecule has 0 aliphatic heterocycles. The molecular formula is C22H22BrNO4. The zero-order valence-electron chi connectivity index (χ0n) is 16.0. The molecule has 28 heavy (non-hydrogen) atoms. The maximum atomic E-state index is 12.2. The van der Waals surface area contributed by atoms with Gasteiger partial charge in [0, 0.05) is 27.2 Å². The Labute approximate surface area is 172 Å². The average Bonchev–Trinajstić information content (AvgIpc) is 2.65. The normalized spacial score (nSPS) is 11.3. The summed E-state index contributed by atoms with van der Waals surface area (Å²) < 4.78 is 5.94. The molecule has 0 radical (unpaired) electrons. The fraction of sp³-hybridized carbons (Fsp3) is 0.227. The van der Waals surface area contributed by atoms with E-state index >= 15 is 0 Å². The van der Waals surface area contributed by atoms with Gasteiger partial charge in [-0.3, -0.25) is 9.59 Å². The van der Waals surface area contributed by atoms with Gasteiger partial charge < -0.3 is 10.1 Å². The topological polar surface area (TPSA) is 72.5 Å². The van der Waals surface area contributed by atoms with Crippen LogP contribution in [0.15, 0.2) is 59.1 Å². The van der Waals surface area contributed by atoms with Crippen LogP contribution >= 0.6 is 15.9 Å². The molecular weight excluding hydrogens is 422 g/mol. The van der Waals surface area contributed by atoms with Crippen LogP contribution in [-0.4, -0.2) is 24.3 Å². The second kappa shape index (κ2) is 9.46. The number of carbonyl (C=O) groups excluding carboxylic acids is 3. The Morgan fingerprint density at radius 3 is 2.18 bits per heavy atom. The van der Waals surface area contributed by atoms with Gasteiger partial charge in [0.15, 0.2) is 12.4 Å². The summed E-state index contributed by atoms with van der Waals surface area (Å²) in [5, 5.41) is 2.79.